The Morgan fingerprint density at radius 1 is 1.26 bits per heavy atom. The van der Waals surface area contributed by atoms with E-state index in [1.54, 1.807) is 49.7 Å². The molecule has 0 aliphatic carbocycles. The maximum atomic E-state index is 14.6. The predicted molar refractivity (Wildman–Crippen MR) is 111 cm³/mol. The maximum Gasteiger partial charge on any atom is 0.410 e. The van der Waals surface area contributed by atoms with E-state index in [-0.39, 0.29) is 12.4 Å². The molecule has 4 heterocycles. The molecular formula is C21H24F2N6O2. The molecule has 1 fully saturated rings. The highest BCUT2D eigenvalue weighted by atomic mass is 19.3. The first-order valence-electron chi connectivity index (χ1n) is 9.93. The minimum absolute atomic E-state index is 0.190. The molecule has 164 valence electrons. The minimum atomic E-state index is -3.13. The van der Waals surface area contributed by atoms with Crippen LogP contribution in [0.4, 0.5) is 19.4 Å². The van der Waals surface area contributed by atoms with Gasteiger partial charge in [0, 0.05) is 0 Å². The van der Waals surface area contributed by atoms with Crippen LogP contribution in [-0.2, 0) is 4.74 Å². The smallest absolute Gasteiger partial charge is 0.410 e. The van der Waals surface area contributed by atoms with Gasteiger partial charge in [-0.3, -0.25) is 4.90 Å². The van der Waals surface area contributed by atoms with E-state index in [1.165, 1.54) is 0 Å². The number of likely N-dealkylation sites (tertiary alicyclic amines) is 1. The van der Waals surface area contributed by atoms with Gasteiger partial charge >= 0.3 is 6.09 Å². The third-order valence-electron chi connectivity index (χ3n) is 4.80. The lowest BCUT2D eigenvalue weighted by Gasteiger charge is -2.24. The Bertz CT molecular complexity index is 1120. The molecule has 0 aromatic carbocycles. The van der Waals surface area contributed by atoms with Crippen molar-refractivity contribution >= 4 is 17.6 Å². The molecule has 0 radical (unpaired) electrons. The van der Waals surface area contributed by atoms with E-state index in [0.717, 1.165) is 10.6 Å². The van der Waals surface area contributed by atoms with Gasteiger partial charge in [0.05, 0.1) is 30.7 Å². The Morgan fingerprint density at radius 2 is 2.03 bits per heavy atom. The number of anilines is 1. The fourth-order valence-corrected chi connectivity index (χ4v) is 3.38. The lowest BCUT2D eigenvalue weighted by atomic mass is 10.2. The molecule has 0 bridgehead atoms. The van der Waals surface area contributed by atoms with Gasteiger partial charge in [0.15, 0.2) is 5.65 Å². The Kier molecular flexibility index (Phi) is 5.03. The van der Waals surface area contributed by atoms with Crippen molar-refractivity contribution in [1.82, 2.24) is 24.5 Å². The summed E-state index contributed by atoms with van der Waals surface area (Å²) in [5.74, 6) is -2.85. The first-order chi connectivity index (χ1) is 14.5. The third kappa shape index (κ3) is 4.42. The molecule has 3 aromatic rings. The Morgan fingerprint density at radius 3 is 2.77 bits per heavy atom. The normalized spacial score (nSPS) is 18.4. The number of pyridine rings is 1. The maximum absolute atomic E-state index is 14.6. The first-order valence-corrected chi connectivity index (χ1v) is 9.93. The number of ether oxygens (including phenoxy) is 1. The van der Waals surface area contributed by atoms with Crippen molar-refractivity contribution in [2.45, 2.75) is 45.3 Å². The zero-order valence-corrected chi connectivity index (χ0v) is 17.8. The Hall–Kier alpha value is -3.30. The molecule has 1 aliphatic rings. The summed E-state index contributed by atoms with van der Waals surface area (Å²) in [6.45, 7) is 6.05. The Balaban J connectivity index is 1.55. The number of halogens is 2. The topological polar surface area (TPSA) is 84.7 Å². The molecular weight excluding hydrogens is 406 g/mol. The molecule has 1 amide bonds. The first kappa shape index (κ1) is 21.0. The average Bonchev–Trinajstić information content (AvgIpc) is 3.21. The van der Waals surface area contributed by atoms with Crippen molar-refractivity contribution in [3.05, 3.63) is 42.2 Å². The van der Waals surface area contributed by atoms with Gasteiger partial charge in [-0.2, -0.15) is 5.10 Å². The van der Waals surface area contributed by atoms with Crippen LogP contribution < -0.4 is 5.32 Å². The average molecular weight is 430 g/mol. The molecule has 1 unspecified atom stereocenters. The van der Waals surface area contributed by atoms with Crippen LogP contribution in [0.2, 0.25) is 0 Å². The number of fused-ring (bicyclic) bond motifs is 1. The lowest BCUT2D eigenvalue weighted by molar-refractivity contribution is -0.00640. The van der Waals surface area contributed by atoms with Gasteiger partial charge in [-0.25, -0.2) is 28.1 Å². The number of carbonyl (C=O) groups is 1. The largest absolute Gasteiger partial charge is 0.444 e. The van der Waals surface area contributed by atoms with Crippen LogP contribution in [0.5, 0.6) is 0 Å². The van der Waals surface area contributed by atoms with Gasteiger partial charge in [-0.1, -0.05) is 6.07 Å². The van der Waals surface area contributed by atoms with Crippen LogP contribution >= 0.6 is 0 Å². The minimum Gasteiger partial charge on any atom is -0.444 e. The van der Waals surface area contributed by atoms with Crippen LogP contribution in [0.25, 0.3) is 17.0 Å². The highest BCUT2D eigenvalue weighted by Gasteiger charge is 2.50. The monoisotopic (exact) mass is 430 g/mol. The molecule has 3 aromatic heterocycles. The molecule has 1 saturated heterocycles. The fraction of sp³-hybridized carbons (Fsp3) is 0.429. The van der Waals surface area contributed by atoms with E-state index >= 15 is 0 Å². The number of imidazole rings is 1. The molecule has 1 aliphatic heterocycles. The van der Waals surface area contributed by atoms with Crippen molar-refractivity contribution in [1.29, 1.82) is 0 Å². The standard InChI is InChI=1S/C21H24F2N6O2/c1-13-8-9-18-24-10-15(29(18)27-13)14-6-5-7-17(25-14)26-16-11-28(12-21(16,22)23)19(30)31-20(2,3)4/h5-10,16H,11-12H2,1-4H3,(H,25,26). The number of hydrogen-bond acceptors (Lipinski definition) is 6. The van der Waals surface area contributed by atoms with Gasteiger partial charge in [0.25, 0.3) is 5.92 Å². The Labute approximate surface area is 178 Å². The third-order valence-corrected chi connectivity index (χ3v) is 4.80. The molecule has 8 nitrogen and oxygen atoms in total. The summed E-state index contributed by atoms with van der Waals surface area (Å²) in [6.07, 6.45) is 0.882. The summed E-state index contributed by atoms with van der Waals surface area (Å²) in [7, 11) is 0. The second-order valence-corrected chi connectivity index (χ2v) is 8.62. The summed E-state index contributed by atoms with van der Waals surface area (Å²) in [5, 5.41) is 7.22. The van der Waals surface area contributed by atoms with Crippen molar-refractivity contribution in [2.75, 3.05) is 18.4 Å². The molecule has 1 N–H and O–H groups in total. The fourth-order valence-electron chi connectivity index (χ4n) is 3.38. The molecule has 0 spiro atoms. The van der Waals surface area contributed by atoms with E-state index < -0.39 is 30.2 Å². The summed E-state index contributed by atoms with van der Waals surface area (Å²) < 4.78 is 36.1. The molecule has 4 rings (SSSR count). The van der Waals surface area contributed by atoms with Crippen molar-refractivity contribution in [2.24, 2.45) is 0 Å². The second kappa shape index (κ2) is 7.44. The van der Waals surface area contributed by atoms with E-state index in [9.17, 15) is 13.6 Å². The number of alkyl halides is 2. The zero-order chi connectivity index (χ0) is 22.4. The SMILES string of the molecule is Cc1ccc2ncc(-c3cccc(NC4CN(C(=O)OC(C)(C)C)CC4(F)F)n3)n2n1. The number of amides is 1. The van der Waals surface area contributed by atoms with Crippen LogP contribution in [0.3, 0.4) is 0 Å². The summed E-state index contributed by atoms with van der Waals surface area (Å²) in [4.78, 5) is 22.0. The van der Waals surface area contributed by atoms with Crippen molar-refractivity contribution in [3.63, 3.8) is 0 Å². The highest BCUT2D eigenvalue weighted by molar-refractivity contribution is 5.69. The number of aryl methyl sites for hydroxylation is 1. The van der Waals surface area contributed by atoms with E-state index in [1.807, 2.05) is 19.1 Å². The van der Waals surface area contributed by atoms with Gasteiger partial charge in [-0.15, -0.1) is 0 Å². The number of nitrogens with zero attached hydrogens (tertiary/aromatic N) is 5. The second-order valence-electron chi connectivity index (χ2n) is 8.62. The number of aromatic nitrogens is 4. The number of hydrogen-bond donors (Lipinski definition) is 1. The lowest BCUT2D eigenvalue weighted by Crippen LogP contribution is -2.38. The van der Waals surface area contributed by atoms with Gasteiger partial charge < -0.3 is 10.1 Å². The van der Waals surface area contributed by atoms with Gasteiger partial charge in [-0.05, 0) is 52.0 Å². The van der Waals surface area contributed by atoms with Crippen molar-refractivity contribution in [3.8, 4) is 11.4 Å². The molecule has 0 saturated carbocycles. The summed E-state index contributed by atoms with van der Waals surface area (Å²) in [6, 6.07) is 7.51. The van der Waals surface area contributed by atoms with E-state index in [4.69, 9.17) is 4.74 Å². The molecule has 1 atom stereocenters. The summed E-state index contributed by atoms with van der Waals surface area (Å²) >= 11 is 0. The van der Waals surface area contributed by atoms with Crippen LogP contribution in [0.15, 0.2) is 36.5 Å². The van der Waals surface area contributed by atoms with Crippen molar-refractivity contribution < 1.29 is 18.3 Å². The van der Waals surface area contributed by atoms with Crippen LogP contribution in [-0.4, -0.2) is 61.2 Å². The predicted octanol–water partition coefficient (Wildman–Crippen LogP) is 3.77. The van der Waals surface area contributed by atoms with Gasteiger partial charge in [0.2, 0.25) is 0 Å². The summed E-state index contributed by atoms with van der Waals surface area (Å²) in [5.41, 5.74) is 1.91. The van der Waals surface area contributed by atoms with E-state index in [0.29, 0.717) is 17.0 Å². The van der Waals surface area contributed by atoms with Crippen LogP contribution in [0.1, 0.15) is 26.5 Å². The van der Waals surface area contributed by atoms with E-state index in [2.05, 4.69) is 20.4 Å². The highest BCUT2D eigenvalue weighted by Crippen LogP contribution is 2.31. The molecule has 10 heteroatoms. The molecule has 31 heavy (non-hydrogen) atoms. The zero-order valence-electron chi connectivity index (χ0n) is 17.8. The number of nitrogens with one attached hydrogen (secondary N) is 1. The number of rotatable bonds is 3. The van der Waals surface area contributed by atoms with Gasteiger partial charge in [0.1, 0.15) is 23.2 Å². The quantitative estimate of drug-likeness (QED) is 0.681. The van der Waals surface area contributed by atoms with Crippen LogP contribution in [0, 0.1) is 6.92 Å². The number of carbonyl (C=O) groups excluding carboxylic acids is 1.